The molecule has 24 heavy (non-hydrogen) atoms. The van der Waals surface area contributed by atoms with Crippen molar-refractivity contribution in [2.24, 2.45) is 5.92 Å². The lowest BCUT2D eigenvalue weighted by Gasteiger charge is -2.12. The summed E-state index contributed by atoms with van der Waals surface area (Å²) in [6, 6.07) is 3.51. The van der Waals surface area contributed by atoms with Gasteiger partial charge in [0, 0.05) is 17.2 Å². The highest BCUT2D eigenvalue weighted by atomic mass is 35.5. The molecular formula is C15H16Cl2N2O4S. The molecule has 0 aliphatic heterocycles. The zero-order chi connectivity index (χ0) is 17.3. The van der Waals surface area contributed by atoms with Crippen molar-refractivity contribution >= 4 is 35.0 Å². The number of halogens is 2. The third-order valence-electron chi connectivity index (χ3n) is 3.68. The molecule has 6 nitrogen and oxygen atoms in total. The van der Waals surface area contributed by atoms with E-state index < -0.39 is 4.33 Å². The first-order chi connectivity index (χ1) is 11.5. The van der Waals surface area contributed by atoms with E-state index in [0.29, 0.717) is 33.9 Å². The number of ether oxygens (including phenoxy) is 3. The largest absolute Gasteiger partial charge is 0.493 e. The normalized spacial score (nSPS) is 18.3. The van der Waals surface area contributed by atoms with Crippen molar-refractivity contribution in [3.63, 3.8) is 0 Å². The van der Waals surface area contributed by atoms with E-state index in [1.807, 2.05) is 0 Å². The predicted molar refractivity (Wildman–Crippen MR) is 92.7 cm³/mol. The molecule has 1 aromatic heterocycles. The van der Waals surface area contributed by atoms with Gasteiger partial charge in [0.1, 0.15) is 4.33 Å². The van der Waals surface area contributed by atoms with E-state index in [9.17, 15) is 0 Å². The van der Waals surface area contributed by atoms with Gasteiger partial charge in [0.15, 0.2) is 11.5 Å². The fraction of sp³-hybridized carbons (Fsp3) is 0.467. The molecule has 1 aliphatic carbocycles. The van der Waals surface area contributed by atoms with E-state index >= 15 is 0 Å². The molecule has 3 rings (SSSR count). The van der Waals surface area contributed by atoms with E-state index in [2.05, 4.69) is 10.2 Å². The molecule has 1 aliphatic rings. The number of hydrogen-bond acceptors (Lipinski definition) is 7. The van der Waals surface area contributed by atoms with Crippen molar-refractivity contribution in [2.75, 3.05) is 27.1 Å². The summed E-state index contributed by atoms with van der Waals surface area (Å²) in [5.74, 6) is 2.91. The highest BCUT2D eigenvalue weighted by Crippen LogP contribution is 2.54. The Morgan fingerprint density at radius 1 is 1.17 bits per heavy atom. The molecule has 1 heterocycles. The highest BCUT2D eigenvalue weighted by molar-refractivity contribution is 7.99. The summed E-state index contributed by atoms with van der Waals surface area (Å²) in [6.07, 6.45) is 0.789. The Morgan fingerprint density at radius 2 is 1.79 bits per heavy atom. The van der Waals surface area contributed by atoms with E-state index in [4.69, 9.17) is 41.8 Å². The number of nitrogens with zero attached hydrogens (tertiary/aromatic N) is 2. The number of methoxy groups -OCH3 is 3. The number of benzene rings is 1. The van der Waals surface area contributed by atoms with Crippen LogP contribution >= 0.6 is 35.0 Å². The summed E-state index contributed by atoms with van der Waals surface area (Å²) in [5, 5.41) is 8.58. The summed E-state index contributed by atoms with van der Waals surface area (Å²) in [6.45, 7) is 0. The standard InChI is InChI=1S/C15H16Cl2N2O4S/c1-20-10-4-8(5-11(21-2)12(10)22-3)13-18-19-14(23-13)24-7-9-6-15(9,16)17/h4-5,9H,6-7H2,1-3H3/t9-/m1/s1. The van der Waals surface area contributed by atoms with E-state index in [1.165, 1.54) is 11.8 Å². The molecular weight excluding hydrogens is 375 g/mol. The fourth-order valence-electron chi connectivity index (χ4n) is 2.21. The molecule has 130 valence electrons. The number of hydrogen-bond donors (Lipinski definition) is 0. The predicted octanol–water partition coefficient (Wildman–Crippen LogP) is 4.05. The first kappa shape index (κ1) is 17.5. The van der Waals surface area contributed by atoms with Crippen molar-refractivity contribution in [1.29, 1.82) is 0 Å². The molecule has 9 heteroatoms. The van der Waals surface area contributed by atoms with Crippen LogP contribution in [0.3, 0.4) is 0 Å². The van der Waals surface area contributed by atoms with Crippen LogP contribution in [-0.4, -0.2) is 41.6 Å². The lowest BCUT2D eigenvalue weighted by atomic mass is 10.2. The Morgan fingerprint density at radius 3 is 2.29 bits per heavy atom. The van der Waals surface area contributed by atoms with Crippen molar-refractivity contribution in [2.45, 2.75) is 16.0 Å². The van der Waals surface area contributed by atoms with Crippen LogP contribution in [0.25, 0.3) is 11.5 Å². The molecule has 0 radical (unpaired) electrons. The fourth-order valence-corrected chi connectivity index (χ4v) is 3.90. The second kappa shape index (κ2) is 6.90. The van der Waals surface area contributed by atoms with Gasteiger partial charge >= 0.3 is 0 Å². The van der Waals surface area contributed by atoms with Crippen molar-refractivity contribution in [1.82, 2.24) is 10.2 Å². The Labute approximate surface area is 153 Å². The van der Waals surface area contributed by atoms with Crippen LogP contribution in [0.15, 0.2) is 21.8 Å². The van der Waals surface area contributed by atoms with Crippen LogP contribution in [0.2, 0.25) is 0 Å². The van der Waals surface area contributed by atoms with Gasteiger partial charge in [-0.3, -0.25) is 0 Å². The van der Waals surface area contributed by atoms with Gasteiger partial charge in [-0.25, -0.2) is 0 Å². The minimum absolute atomic E-state index is 0.252. The van der Waals surface area contributed by atoms with Gasteiger partial charge in [-0.05, 0) is 18.6 Å². The summed E-state index contributed by atoms with van der Waals surface area (Å²) < 4.78 is 21.0. The van der Waals surface area contributed by atoms with Crippen LogP contribution in [0, 0.1) is 5.92 Å². The topological polar surface area (TPSA) is 66.6 Å². The summed E-state index contributed by atoms with van der Waals surface area (Å²) in [5.41, 5.74) is 0.680. The van der Waals surface area contributed by atoms with E-state index in [-0.39, 0.29) is 5.92 Å². The Balaban J connectivity index is 1.79. The number of aromatic nitrogens is 2. The monoisotopic (exact) mass is 390 g/mol. The number of thioether (sulfide) groups is 1. The maximum Gasteiger partial charge on any atom is 0.276 e. The summed E-state index contributed by atoms with van der Waals surface area (Å²) in [7, 11) is 4.65. The van der Waals surface area contributed by atoms with Crippen molar-refractivity contribution in [3.05, 3.63) is 12.1 Å². The first-order valence-corrected chi connectivity index (χ1v) is 8.87. The Bertz CT molecular complexity index is 713. The lowest BCUT2D eigenvalue weighted by molar-refractivity contribution is 0.324. The smallest absolute Gasteiger partial charge is 0.276 e. The minimum Gasteiger partial charge on any atom is -0.493 e. The molecule has 2 aromatic rings. The van der Waals surface area contributed by atoms with Crippen molar-refractivity contribution in [3.8, 4) is 28.7 Å². The van der Waals surface area contributed by atoms with Crippen LogP contribution < -0.4 is 14.2 Å². The van der Waals surface area contributed by atoms with Crippen molar-refractivity contribution < 1.29 is 18.6 Å². The molecule has 0 N–H and O–H groups in total. The van der Waals surface area contributed by atoms with Gasteiger partial charge in [-0.15, -0.1) is 33.4 Å². The first-order valence-electron chi connectivity index (χ1n) is 7.13. The Hall–Kier alpha value is -1.31. The highest BCUT2D eigenvalue weighted by Gasteiger charge is 2.51. The molecule has 0 saturated heterocycles. The van der Waals surface area contributed by atoms with E-state index in [0.717, 1.165) is 12.2 Å². The molecule has 0 amide bonds. The average Bonchev–Trinajstić information content (AvgIpc) is 2.98. The third kappa shape index (κ3) is 3.53. The number of rotatable bonds is 7. The van der Waals surface area contributed by atoms with Crippen LogP contribution in [0.4, 0.5) is 0 Å². The lowest BCUT2D eigenvalue weighted by Crippen LogP contribution is -1.95. The molecule has 1 aromatic carbocycles. The van der Waals surface area contributed by atoms with Gasteiger partial charge in [0.2, 0.25) is 11.6 Å². The maximum absolute atomic E-state index is 6.02. The zero-order valence-electron chi connectivity index (χ0n) is 13.3. The number of alkyl halides is 2. The molecule has 0 spiro atoms. The second-order valence-corrected chi connectivity index (χ2v) is 7.77. The average molecular weight is 391 g/mol. The van der Waals surface area contributed by atoms with Gasteiger partial charge in [0.05, 0.1) is 21.3 Å². The van der Waals surface area contributed by atoms with Gasteiger partial charge in [-0.2, -0.15) is 0 Å². The van der Waals surface area contributed by atoms with Crippen LogP contribution in [-0.2, 0) is 0 Å². The van der Waals surface area contributed by atoms with Gasteiger partial charge in [-0.1, -0.05) is 11.8 Å². The summed E-state index contributed by atoms with van der Waals surface area (Å²) in [4.78, 5) is 0. The quantitative estimate of drug-likeness (QED) is 0.521. The molecule has 1 saturated carbocycles. The molecule has 0 unspecified atom stereocenters. The van der Waals surface area contributed by atoms with E-state index in [1.54, 1.807) is 33.5 Å². The SMILES string of the molecule is COc1cc(-c2nnc(SC[C@H]3CC3(Cl)Cl)o2)cc(OC)c1OC. The molecule has 1 fully saturated rings. The third-order valence-corrected chi connectivity index (χ3v) is 5.59. The van der Waals surface area contributed by atoms with Gasteiger partial charge in [0.25, 0.3) is 5.22 Å². The van der Waals surface area contributed by atoms with Crippen LogP contribution in [0.5, 0.6) is 17.2 Å². The maximum atomic E-state index is 6.02. The minimum atomic E-state index is -0.605. The van der Waals surface area contributed by atoms with Crippen LogP contribution in [0.1, 0.15) is 6.42 Å². The van der Waals surface area contributed by atoms with Gasteiger partial charge < -0.3 is 18.6 Å². The Kier molecular flexibility index (Phi) is 5.03. The zero-order valence-corrected chi connectivity index (χ0v) is 15.7. The molecule has 1 atom stereocenters. The second-order valence-electron chi connectivity index (χ2n) is 5.26. The summed E-state index contributed by atoms with van der Waals surface area (Å²) >= 11 is 13.5. The molecule has 0 bridgehead atoms.